The first-order chi connectivity index (χ1) is 12.1. The molecule has 1 aromatic rings. The highest BCUT2D eigenvalue weighted by Crippen LogP contribution is 2.17. The molecule has 1 aromatic heterocycles. The summed E-state index contributed by atoms with van der Waals surface area (Å²) in [5.74, 6) is 0.729. The Morgan fingerprint density at radius 3 is 2.65 bits per heavy atom. The monoisotopic (exact) mass is 492 g/mol. The van der Waals surface area contributed by atoms with Crippen LogP contribution in [-0.4, -0.2) is 37.0 Å². The fraction of sp³-hybridized carbons (Fsp3) is 0.684. The third-order valence-electron chi connectivity index (χ3n) is 4.38. The summed E-state index contributed by atoms with van der Waals surface area (Å²) in [6, 6.07) is 4.94. The molecule has 1 saturated carbocycles. The van der Waals surface area contributed by atoms with Crippen molar-refractivity contribution in [1.82, 2.24) is 16.0 Å². The van der Waals surface area contributed by atoms with Crippen molar-refractivity contribution in [2.45, 2.75) is 71.4 Å². The fourth-order valence-corrected chi connectivity index (χ4v) is 4.19. The van der Waals surface area contributed by atoms with Gasteiger partial charge < -0.3 is 16.0 Å². The molecule has 1 heterocycles. The molecule has 0 aliphatic heterocycles. The minimum atomic E-state index is 0. The van der Waals surface area contributed by atoms with Gasteiger partial charge in [-0.25, -0.2) is 4.99 Å². The molecule has 5 nitrogen and oxygen atoms in total. The molecule has 1 atom stereocenters. The van der Waals surface area contributed by atoms with Crippen molar-refractivity contribution in [1.29, 1.82) is 0 Å². The van der Waals surface area contributed by atoms with Crippen LogP contribution in [0.5, 0.6) is 0 Å². The number of halogens is 1. The van der Waals surface area contributed by atoms with E-state index in [1.165, 1.54) is 29.0 Å². The molecule has 1 amide bonds. The van der Waals surface area contributed by atoms with Gasteiger partial charge in [-0.15, -0.1) is 35.3 Å². The van der Waals surface area contributed by atoms with Crippen LogP contribution < -0.4 is 16.0 Å². The van der Waals surface area contributed by atoms with Gasteiger partial charge in [0.2, 0.25) is 5.91 Å². The normalized spacial score (nSPS) is 16.5. The van der Waals surface area contributed by atoms with Gasteiger partial charge in [0.05, 0.1) is 0 Å². The lowest BCUT2D eigenvalue weighted by molar-refractivity contribution is -0.120. The molecule has 0 radical (unpaired) electrons. The number of carbonyl (C=O) groups excluding carboxylic acids is 1. The van der Waals surface area contributed by atoms with Crippen LogP contribution in [-0.2, 0) is 11.2 Å². The van der Waals surface area contributed by atoms with Gasteiger partial charge in [-0.3, -0.25) is 4.79 Å². The lowest BCUT2D eigenvalue weighted by atomic mass is 9.95. The van der Waals surface area contributed by atoms with Gasteiger partial charge in [-0.1, -0.05) is 19.3 Å². The molecular formula is C19H33IN4OS. The summed E-state index contributed by atoms with van der Waals surface area (Å²) in [4.78, 5) is 19.3. The van der Waals surface area contributed by atoms with E-state index in [0.29, 0.717) is 12.0 Å². The summed E-state index contributed by atoms with van der Waals surface area (Å²) in [5.41, 5.74) is 0. The maximum atomic E-state index is 12.1. The van der Waals surface area contributed by atoms with Crippen molar-refractivity contribution in [2.75, 3.05) is 13.1 Å². The highest BCUT2D eigenvalue weighted by atomic mass is 127. The summed E-state index contributed by atoms with van der Waals surface area (Å²) in [6.07, 6.45) is 6.89. The second-order valence-electron chi connectivity index (χ2n) is 6.86. The number of hydrogen-bond donors (Lipinski definition) is 3. The van der Waals surface area contributed by atoms with Crippen LogP contribution in [0.25, 0.3) is 0 Å². The van der Waals surface area contributed by atoms with Crippen LogP contribution >= 0.6 is 35.3 Å². The zero-order valence-electron chi connectivity index (χ0n) is 16.1. The van der Waals surface area contributed by atoms with E-state index in [2.05, 4.69) is 46.9 Å². The average molecular weight is 492 g/mol. The molecule has 1 fully saturated rings. The molecule has 0 saturated heterocycles. The number of carbonyl (C=O) groups is 1. The van der Waals surface area contributed by atoms with E-state index in [0.717, 1.165) is 25.8 Å². The molecule has 0 bridgehead atoms. The molecule has 0 aromatic carbocycles. The maximum absolute atomic E-state index is 12.1. The number of nitrogens with zero attached hydrogens (tertiary/aromatic N) is 1. The second-order valence-corrected chi connectivity index (χ2v) is 8.23. The Kier molecular flexibility index (Phi) is 11.2. The Morgan fingerprint density at radius 1 is 1.31 bits per heavy atom. The van der Waals surface area contributed by atoms with Crippen molar-refractivity contribution in [2.24, 2.45) is 4.99 Å². The number of rotatable bonds is 7. The van der Waals surface area contributed by atoms with E-state index in [4.69, 9.17) is 0 Å². The van der Waals surface area contributed by atoms with Gasteiger partial charge in [0.25, 0.3) is 0 Å². The number of hydrogen-bond acceptors (Lipinski definition) is 3. The Balaban J connectivity index is 0.00000338. The predicted octanol–water partition coefficient (Wildman–Crippen LogP) is 3.61. The van der Waals surface area contributed by atoms with E-state index in [1.807, 2.05) is 18.3 Å². The standard InChI is InChI=1S/C19H32N4OS.HI/c1-4-20-19(22-14(2)12-17-11-10-15(3)25-17)21-13-18(24)23-16-8-6-5-7-9-16;/h10-11,14,16H,4-9,12-13H2,1-3H3,(H,23,24)(H2,20,21,22);1H. The third kappa shape index (κ3) is 8.70. The fourth-order valence-electron chi connectivity index (χ4n) is 3.17. The molecular weight excluding hydrogens is 459 g/mol. The van der Waals surface area contributed by atoms with Gasteiger partial charge in [0, 0.05) is 34.8 Å². The number of aryl methyl sites for hydroxylation is 1. The van der Waals surface area contributed by atoms with Crippen LogP contribution in [0.1, 0.15) is 55.7 Å². The third-order valence-corrected chi connectivity index (χ3v) is 5.40. The largest absolute Gasteiger partial charge is 0.357 e. The van der Waals surface area contributed by atoms with Crippen LogP contribution in [0.2, 0.25) is 0 Å². The van der Waals surface area contributed by atoms with Crippen molar-refractivity contribution >= 4 is 47.2 Å². The molecule has 7 heteroatoms. The molecule has 1 unspecified atom stereocenters. The lowest BCUT2D eigenvalue weighted by Crippen LogP contribution is -2.44. The van der Waals surface area contributed by atoms with Crippen LogP contribution in [0, 0.1) is 6.92 Å². The van der Waals surface area contributed by atoms with Gasteiger partial charge in [0.1, 0.15) is 6.54 Å². The number of amides is 1. The second kappa shape index (κ2) is 12.5. The van der Waals surface area contributed by atoms with Crippen LogP contribution in [0.15, 0.2) is 17.1 Å². The summed E-state index contributed by atoms with van der Waals surface area (Å²) < 4.78 is 0. The Hall–Kier alpha value is -0.830. The quantitative estimate of drug-likeness (QED) is 0.310. The van der Waals surface area contributed by atoms with Gasteiger partial charge >= 0.3 is 0 Å². The number of thiophene rings is 1. The first kappa shape index (κ1) is 23.2. The van der Waals surface area contributed by atoms with Gasteiger partial charge in [0.15, 0.2) is 5.96 Å². The topological polar surface area (TPSA) is 65.5 Å². The van der Waals surface area contributed by atoms with E-state index >= 15 is 0 Å². The smallest absolute Gasteiger partial charge is 0.242 e. The van der Waals surface area contributed by atoms with Crippen molar-refractivity contribution < 1.29 is 4.79 Å². The summed E-state index contributed by atoms with van der Waals surface area (Å²) >= 11 is 1.83. The molecule has 3 N–H and O–H groups in total. The lowest BCUT2D eigenvalue weighted by Gasteiger charge is -2.22. The predicted molar refractivity (Wildman–Crippen MR) is 122 cm³/mol. The highest BCUT2D eigenvalue weighted by Gasteiger charge is 2.15. The van der Waals surface area contributed by atoms with Crippen molar-refractivity contribution in [3.63, 3.8) is 0 Å². The maximum Gasteiger partial charge on any atom is 0.242 e. The minimum absolute atomic E-state index is 0. The highest BCUT2D eigenvalue weighted by molar-refractivity contribution is 14.0. The molecule has 0 spiro atoms. The van der Waals surface area contributed by atoms with E-state index < -0.39 is 0 Å². The Morgan fingerprint density at radius 2 is 2.04 bits per heavy atom. The number of nitrogens with one attached hydrogen (secondary N) is 3. The first-order valence-corrected chi connectivity index (χ1v) is 10.3. The zero-order chi connectivity index (χ0) is 18.1. The molecule has 26 heavy (non-hydrogen) atoms. The van der Waals surface area contributed by atoms with Crippen molar-refractivity contribution in [3.8, 4) is 0 Å². The van der Waals surface area contributed by atoms with E-state index in [-0.39, 0.29) is 42.5 Å². The molecule has 1 aliphatic carbocycles. The Bertz CT molecular complexity index is 570. The molecule has 148 valence electrons. The van der Waals surface area contributed by atoms with Crippen molar-refractivity contribution in [3.05, 3.63) is 21.9 Å². The molecule has 2 rings (SSSR count). The first-order valence-electron chi connectivity index (χ1n) is 9.46. The van der Waals surface area contributed by atoms with Crippen LogP contribution in [0.3, 0.4) is 0 Å². The summed E-state index contributed by atoms with van der Waals surface area (Å²) in [7, 11) is 0. The molecule has 1 aliphatic rings. The van der Waals surface area contributed by atoms with E-state index in [9.17, 15) is 4.79 Å². The minimum Gasteiger partial charge on any atom is -0.357 e. The Labute approximate surface area is 178 Å². The summed E-state index contributed by atoms with van der Waals surface area (Å²) in [6.45, 7) is 7.26. The van der Waals surface area contributed by atoms with Gasteiger partial charge in [-0.2, -0.15) is 0 Å². The summed E-state index contributed by atoms with van der Waals surface area (Å²) in [5, 5.41) is 9.74. The zero-order valence-corrected chi connectivity index (χ0v) is 19.3. The number of aliphatic imine (C=N–C) groups is 1. The number of guanidine groups is 1. The average Bonchev–Trinajstić information content (AvgIpc) is 2.98. The SMILES string of the molecule is CCNC(=NCC(=O)NC1CCCCC1)NC(C)Cc1ccc(C)s1.I. The van der Waals surface area contributed by atoms with Crippen LogP contribution in [0.4, 0.5) is 0 Å². The van der Waals surface area contributed by atoms with Gasteiger partial charge in [-0.05, 0) is 45.7 Å². The van der Waals surface area contributed by atoms with E-state index in [1.54, 1.807) is 0 Å².